The Morgan fingerprint density at radius 2 is 2.00 bits per heavy atom. The number of hydrogen-bond acceptors (Lipinski definition) is 3. The minimum absolute atomic E-state index is 0.00765. The quantitative estimate of drug-likeness (QED) is 0.883. The van der Waals surface area contributed by atoms with Crippen LogP contribution in [0.25, 0.3) is 0 Å². The van der Waals surface area contributed by atoms with Crippen molar-refractivity contribution in [2.45, 2.75) is 32.1 Å². The molecule has 0 heterocycles. The Morgan fingerprint density at radius 1 is 1.42 bits per heavy atom. The van der Waals surface area contributed by atoms with E-state index in [1.54, 1.807) is 19.1 Å². The lowest BCUT2D eigenvalue weighted by molar-refractivity contribution is -0.118. The van der Waals surface area contributed by atoms with Crippen molar-refractivity contribution in [1.29, 1.82) is 0 Å². The third-order valence-electron chi connectivity index (χ3n) is 3.59. The SMILES string of the molecule is Cc1ccc(NC(=O)C2CC2(C)C)cc1S(N)(=O)=O. The number of aryl methyl sites for hydroxylation is 1. The zero-order valence-corrected chi connectivity index (χ0v) is 12.0. The standard InChI is InChI=1S/C13H18N2O3S/c1-8-4-5-9(6-11(8)19(14,17)18)15-12(16)10-7-13(10,2)3/h4-6,10H,7H2,1-3H3,(H,15,16)(H2,14,17,18). The molecule has 1 aromatic carbocycles. The van der Waals surface area contributed by atoms with Gasteiger partial charge in [-0.25, -0.2) is 13.6 Å². The van der Waals surface area contributed by atoms with Gasteiger partial charge in [0.1, 0.15) is 0 Å². The second kappa shape index (κ2) is 4.31. The minimum Gasteiger partial charge on any atom is -0.326 e. The Bertz CT molecular complexity index is 635. The van der Waals surface area contributed by atoms with Crippen molar-refractivity contribution in [3.63, 3.8) is 0 Å². The molecule has 19 heavy (non-hydrogen) atoms. The normalized spacial score (nSPS) is 20.9. The van der Waals surface area contributed by atoms with Gasteiger partial charge in [0.05, 0.1) is 4.90 Å². The van der Waals surface area contributed by atoms with E-state index in [1.807, 2.05) is 13.8 Å². The maximum atomic E-state index is 11.9. The molecular weight excluding hydrogens is 264 g/mol. The largest absolute Gasteiger partial charge is 0.326 e. The van der Waals surface area contributed by atoms with Gasteiger partial charge in [-0.3, -0.25) is 4.79 Å². The summed E-state index contributed by atoms with van der Waals surface area (Å²) in [4.78, 5) is 12.0. The van der Waals surface area contributed by atoms with Gasteiger partial charge in [-0.15, -0.1) is 0 Å². The van der Waals surface area contributed by atoms with E-state index < -0.39 is 10.0 Å². The number of amides is 1. The summed E-state index contributed by atoms with van der Waals surface area (Å²) in [5.74, 6) is -0.0824. The Hall–Kier alpha value is -1.40. The Labute approximate surface area is 113 Å². The third kappa shape index (κ3) is 2.96. The molecule has 0 radical (unpaired) electrons. The van der Waals surface area contributed by atoms with Gasteiger partial charge in [0.25, 0.3) is 0 Å². The first-order chi connectivity index (χ1) is 8.61. The number of nitrogens with two attached hydrogens (primary N) is 1. The first-order valence-electron chi connectivity index (χ1n) is 6.05. The topological polar surface area (TPSA) is 89.3 Å². The number of sulfonamides is 1. The molecule has 1 aliphatic carbocycles. The zero-order chi connectivity index (χ0) is 14.4. The highest BCUT2D eigenvalue weighted by molar-refractivity contribution is 7.89. The molecule has 1 fully saturated rings. The third-order valence-corrected chi connectivity index (χ3v) is 4.64. The summed E-state index contributed by atoms with van der Waals surface area (Å²) in [5.41, 5.74) is 1.06. The van der Waals surface area contributed by atoms with Crippen LogP contribution in [-0.2, 0) is 14.8 Å². The molecule has 104 valence electrons. The number of primary sulfonamides is 1. The molecule has 3 N–H and O–H groups in total. The second-order valence-corrected chi connectivity index (χ2v) is 7.29. The maximum Gasteiger partial charge on any atom is 0.238 e. The zero-order valence-electron chi connectivity index (χ0n) is 11.2. The van der Waals surface area contributed by atoms with E-state index in [-0.39, 0.29) is 22.1 Å². The molecule has 6 heteroatoms. The van der Waals surface area contributed by atoms with Gasteiger partial charge >= 0.3 is 0 Å². The van der Waals surface area contributed by atoms with Crippen molar-refractivity contribution in [1.82, 2.24) is 0 Å². The number of rotatable bonds is 3. The van der Waals surface area contributed by atoms with Gasteiger partial charge in [-0.1, -0.05) is 19.9 Å². The van der Waals surface area contributed by atoms with E-state index in [4.69, 9.17) is 5.14 Å². The molecule has 1 aliphatic rings. The van der Waals surface area contributed by atoms with Gasteiger partial charge < -0.3 is 5.32 Å². The monoisotopic (exact) mass is 282 g/mol. The summed E-state index contributed by atoms with van der Waals surface area (Å²) in [7, 11) is -3.77. The van der Waals surface area contributed by atoms with Crippen LogP contribution in [-0.4, -0.2) is 14.3 Å². The second-order valence-electron chi connectivity index (χ2n) is 5.76. The molecule has 1 saturated carbocycles. The average molecular weight is 282 g/mol. The lowest BCUT2D eigenvalue weighted by Crippen LogP contribution is -2.18. The molecule has 0 bridgehead atoms. The first-order valence-corrected chi connectivity index (χ1v) is 7.60. The van der Waals surface area contributed by atoms with Gasteiger partial charge in [0, 0.05) is 11.6 Å². The van der Waals surface area contributed by atoms with Crippen LogP contribution in [0.2, 0.25) is 0 Å². The molecule has 2 rings (SSSR count). The Kier molecular flexibility index (Phi) is 3.18. The van der Waals surface area contributed by atoms with Crippen LogP contribution < -0.4 is 10.5 Å². The summed E-state index contributed by atoms with van der Waals surface area (Å²) < 4.78 is 22.8. The molecule has 0 aromatic heterocycles. The molecule has 0 saturated heterocycles. The Morgan fingerprint density at radius 3 is 2.47 bits per heavy atom. The number of anilines is 1. The number of hydrogen-bond donors (Lipinski definition) is 2. The molecule has 0 aliphatic heterocycles. The highest BCUT2D eigenvalue weighted by Gasteiger charge is 2.50. The van der Waals surface area contributed by atoms with E-state index in [2.05, 4.69) is 5.32 Å². The van der Waals surface area contributed by atoms with Crippen LogP contribution in [0, 0.1) is 18.3 Å². The molecule has 5 nitrogen and oxygen atoms in total. The highest BCUT2D eigenvalue weighted by atomic mass is 32.2. The lowest BCUT2D eigenvalue weighted by Gasteiger charge is -2.09. The highest BCUT2D eigenvalue weighted by Crippen LogP contribution is 2.52. The predicted molar refractivity (Wildman–Crippen MR) is 73.1 cm³/mol. The van der Waals surface area contributed by atoms with E-state index in [0.29, 0.717) is 11.3 Å². The van der Waals surface area contributed by atoms with Crippen LogP contribution in [0.15, 0.2) is 23.1 Å². The number of carbonyl (C=O) groups excluding carboxylic acids is 1. The molecule has 1 aromatic rings. The molecule has 1 atom stereocenters. The van der Waals surface area contributed by atoms with E-state index in [9.17, 15) is 13.2 Å². The number of benzene rings is 1. The molecule has 0 spiro atoms. The summed E-state index contributed by atoms with van der Waals surface area (Å²) in [6, 6.07) is 4.71. The summed E-state index contributed by atoms with van der Waals surface area (Å²) in [6.45, 7) is 5.72. The minimum atomic E-state index is -3.77. The first kappa shape index (κ1) is 14.0. The maximum absolute atomic E-state index is 11.9. The number of nitrogens with one attached hydrogen (secondary N) is 1. The summed E-state index contributed by atoms with van der Waals surface area (Å²) >= 11 is 0. The predicted octanol–water partition coefficient (Wildman–Crippen LogP) is 1.63. The van der Waals surface area contributed by atoms with Crippen LogP contribution in [0.3, 0.4) is 0 Å². The molecular formula is C13H18N2O3S. The van der Waals surface area contributed by atoms with Crippen molar-refractivity contribution in [2.75, 3.05) is 5.32 Å². The van der Waals surface area contributed by atoms with Crippen molar-refractivity contribution < 1.29 is 13.2 Å². The van der Waals surface area contributed by atoms with Crippen LogP contribution in [0.1, 0.15) is 25.8 Å². The van der Waals surface area contributed by atoms with Crippen LogP contribution in [0.4, 0.5) is 5.69 Å². The van der Waals surface area contributed by atoms with Crippen LogP contribution in [0.5, 0.6) is 0 Å². The smallest absolute Gasteiger partial charge is 0.238 e. The lowest BCUT2D eigenvalue weighted by atomic mass is 10.1. The average Bonchev–Trinajstić information content (AvgIpc) is 2.89. The van der Waals surface area contributed by atoms with Gasteiger partial charge in [-0.05, 0) is 36.5 Å². The molecule has 1 unspecified atom stereocenters. The van der Waals surface area contributed by atoms with Gasteiger partial charge in [0.2, 0.25) is 15.9 Å². The van der Waals surface area contributed by atoms with E-state index in [1.165, 1.54) is 6.07 Å². The van der Waals surface area contributed by atoms with Gasteiger partial charge in [-0.2, -0.15) is 0 Å². The van der Waals surface area contributed by atoms with E-state index >= 15 is 0 Å². The van der Waals surface area contributed by atoms with Crippen molar-refractivity contribution in [2.24, 2.45) is 16.5 Å². The summed E-state index contributed by atoms with van der Waals surface area (Å²) in [6.07, 6.45) is 0.854. The van der Waals surface area contributed by atoms with E-state index in [0.717, 1.165) is 6.42 Å². The van der Waals surface area contributed by atoms with Gasteiger partial charge in [0.15, 0.2) is 0 Å². The fourth-order valence-electron chi connectivity index (χ4n) is 2.13. The van der Waals surface area contributed by atoms with Crippen molar-refractivity contribution >= 4 is 21.6 Å². The van der Waals surface area contributed by atoms with Crippen molar-refractivity contribution in [3.05, 3.63) is 23.8 Å². The molecule has 1 amide bonds. The van der Waals surface area contributed by atoms with Crippen LogP contribution >= 0.6 is 0 Å². The number of carbonyl (C=O) groups is 1. The summed E-state index contributed by atoms with van der Waals surface area (Å²) in [5, 5.41) is 7.87. The Balaban J connectivity index is 2.21. The van der Waals surface area contributed by atoms with Crippen molar-refractivity contribution in [3.8, 4) is 0 Å². The fourth-order valence-corrected chi connectivity index (χ4v) is 2.94. The fraction of sp³-hybridized carbons (Fsp3) is 0.462.